The number of rotatable bonds is 3. The summed E-state index contributed by atoms with van der Waals surface area (Å²) in [4.78, 5) is 14.3. The Bertz CT molecular complexity index is 259. The van der Waals surface area contributed by atoms with Crippen molar-refractivity contribution < 1.29 is 4.79 Å². The van der Waals surface area contributed by atoms with Crippen molar-refractivity contribution in [3.63, 3.8) is 0 Å². The molecule has 0 radical (unpaired) electrons. The highest BCUT2D eigenvalue weighted by Gasteiger charge is 2.34. The Hall–Kier alpha value is -0.790. The fraction of sp³-hybridized carbons (Fsp3) is 0.786. The molecule has 0 aromatic carbocycles. The van der Waals surface area contributed by atoms with Gasteiger partial charge in [0, 0.05) is 19.0 Å². The lowest BCUT2D eigenvalue weighted by atomic mass is 9.78. The Kier molecular flexibility index (Phi) is 4.03. The zero-order valence-electron chi connectivity index (χ0n) is 10.2. The third-order valence-corrected chi connectivity index (χ3v) is 4.13. The van der Waals surface area contributed by atoms with E-state index in [9.17, 15) is 4.79 Å². The molecule has 0 bridgehead atoms. The number of fused-ring (bicyclic) bond motifs is 1. The second kappa shape index (κ2) is 5.51. The standard InChI is InChI=1S/C14H23NO/c1-2-3-10-14(16)15-11-6-8-12-7-4-5-9-13(12)15/h2,12-13H,1,3-11H2/t12-,13-/m1/s1. The number of carbonyl (C=O) groups excluding carboxylic acids is 1. The van der Waals surface area contributed by atoms with Crippen molar-refractivity contribution in [1.29, 1.82) is 0 Å². The third-order valence-electron chi connectivity index (χ3n) is 4.13. The van der Waals surface area contributed by atoms with Crippen LogP contribution in [0.2, 0.25) is 0 Å². The first-order chi connectivity index (χ1) is 7.83. The quantitative estimate of drug-likeness (QED) is 0.670. The van der Waals surface area contributed by atoms with E-state index in [1.165, 1.54) is 38.5 Å². The van der Waals surface area contributed by atoms with E-state index in [0.29, 0.717) is 18.4 Å². The van der Waals surface area contributed by atoms with Crippen LogP contribution in [0.25, 0.3) is 0 Å². The van der Waals surface area contributed by atoms with Crippen LogP contribution in [0.3, 0.4) is 0 Å². The molecule has 1 saturated carbocycles. The molecule has 1 aliphatic carbocycles. The van der Waals surface area contributed by atoms with Crippen LogP contribution in [0.1, 0.15) is 51.4 Å². The highest BCUT2D eigenvalue weighted by atomic mass is 16.2. The van der Waals surface area contributed by atoms with Gasteiger partial charge in [0.1, 0.15) is 0 Å². The van der Waals surface area contributed by atoms with Crippen molar-refractivity contribution in [1.82, 2.24) is 4.90 Å². The molecule has 2 aliphatic rings. The van der Waals surface area contributed by atoms with Crippen LogP contribution in [0.15, 0.2) is 12.7 Å². The lowest BCUT2D eigenvalue weighted by Crippen LogP contribution is -2.49. The topological polar surface area (TPSA) is 20.3 Å². The second-order valence-electron chi connectivity index (χ2n) is 5.17. The van der Waals surface area contributed by atoms with Crippen LogP contribution >= 0.6 is 0 Å². The lowest BCUT2D eigenvalue weighted by molar-refractivity contribution is -0.137. The summed E-state index contributed by atoms with van der Waals surface area (Å²) in [7, 11) is 0. The first-order valence-electron chi connectivity index (χ1n) is 6.73. The van der Waals surface area contributed by atoms with E-state index in [1.54, 1.807) is 0 Å². The maximum absolute atomic E-state index is 12.1. The van der Waals surface area contributed by atoms with E-state index in [4.69, 9.17) is 0 Å². The Morgan fingerprint density at radius 1 is 1.25 bits per heavy atom. The molecule has 2 nitrogen and oxygen atoms in total. The largest absolute Gasteiger partial charge is 0.339 e. The Morgan fingerprint density at radius 2 is 2.00 bits per heavy atom. The molecule has 0 spiro atoms. The van der Waals surface area contributed by atoms with Gasteiger partial charge in [-0.25, -0.2) is 0 Å². The van der Waals surface area contributed by atoms with Crippen LogP contribution < -0.4 is 0 Å². The molecular formula is C14H23NO. The van der Waals surface area contributed by atoms with Crippen LogP contribution in [0.5, 0.6) is 0 Å². The minimum absolute atomic E-state index is 0.358. The first kappa shape index (κ1) is 11.7. The van der Waals surface area contributed by atoms with Gasteiger partial charge in [-0.05, 0) is 38.0 Å². The summed E-state index contributed by atoms with van der Waals surface area (Å²) in [6, 6.07) is 0.569. The fourth-order valence-electron chi connectivity index (χ4n) is 3.30. The summed E-state index contributed by atoms with van der Waals surface area (Å²) < 4.78 is 0. The molecule has 0 unspecified atom stereocenters. The number of piperidine rings is 1. The van der Waals surface area contributed by atoms with Crippen molar-refractivity contribution in [3.05, 3.63) is 12.7 Å². The van der Waals surface area contributed by atoms with E-state index in [0.717, 1.165) is 18.9 Å². The molecular weight excluding hydrogens is 198 g/mol. The predicted octanol–water partition coefficient (Wildman–Crippen LogP) is 3.13. The second-order valence-corrected chi connectivity index (χ2v) is 5.17. The summed E-state index contributed by atoms with van der Waals surface area (Å²) in [5.41, 5.74) is 0. The van der Waals surface area contributed by atoms with Crippen molar-refractivity contribution in [2.24, 2.45) is 5.92 Å². The van der Waals surface area contributed by atoms with Crippen molar-refractivity contribution in [3.8, 4) is 0 Å². The zero-order chi connectivity index (χ0) is 11.4. The molecule has 1 saturated heterocycles. The number of hydrogen-bond donors (Lipinski definition) is 0. The summed E-state index contributed by atoms with van der Waals surface area (Å²) in [6.07, 6.45) is 11.2. The maximum Gasteiger partial charge on any atom is 0.223 e. The van der Waals surface area contributed by atoms with Gasteiger partial charge in [-0.1, -0.05) is 18.9 Å². The molecule has 90 valence electrons. The molecule has 1 amide bonds. The van der Waals surface area contributed by atoms with E-state index >= 15 is 0 Å². The number of nitrogens with zero attached hydrogens (tertiary/aromatic N) is 1. The zero-order valence-corrected chi connectivity index (χ0v) is 10.2. The van der Waals surface area contributed by atoms with Gasteiger partial charge in [-0.2, -0.15) is 0 Å². The molecule has 2 rings (SSSR count). The monoisotopic (exact) mass is 221 g/mol. The lowest BCUT2D eigenvalue weighted by Gasteiger charge is -2.44. The molecule has 1 aliphatic heterocycles. The molecule has 16 heavy (non-hydrogen) atoms. The van der Waals surface area contributed by atoms with Crippen molar-refractivity contribution in [2.45, 2.75) is 57.4 Å². The maximum atomic E-state index is 12.1. The van der Waals surface area contributed by atoms with E-state index < -0.39 is 0 Å². The first-order valence-corrected chi connectivity index (χ1v) is 6.73. The van der Waals surface area contributed by atoms with Crippen LogP contribution in [-0.2, 0) is 4.79 Å². The Labute approximate surface area is 98.7 Å². The van der Waals surface area contributed by atoms with Gasteiger partial charge < -0.3 is 4.90 Å². The van der Waals surface area contributed by atoms with E-state index in [1.807, 2.05) is 6.08 Å². The van der Waals surface area contributed by atoms with E-state index in [-0.39, 0.29) is 0 Å². The van der Waals surface area contributed by atoms with Gasteiger partial charge in [-0.15, -0.1) is 6.58 Å². The SMILES string of the molecule is C=CCCC(=O)N1CCC[C@H]2CCCC[C@H]21. The summed E-state index contributed by atoms with van der Waals surface area (Å²) in [6.45, 7) is 4.69. The summed E-state index contributed by atoms with van der Waals surface area (Å²) >= 11 is 0. The van der Waals surface area contributed by atoms with Gasteiger partial charge in [0.2, 0.25) is 5.91 Å². The number of carbonyl (C=O) groups is 1. The van der Waals surface area contributed by atoms with Crippen molar-refractivity contribution >= 4 is 5.91 Å². The average molecular weight is 221 g/mol. The van der Waals surface area contributed by atoms with Crippen LogP contribution in [-0.4, -0.2) is 23.4 Å². The van der Waals surface area contributed by atoms with Crippen molar-refractivity contribution in [2.75, 3.05) is 6.54 Å². The minimum atomic E-state index is 0.358. The average Bonchev–Trinajstić information content (AvgIpc) is 2.35. The third kappa shape index (κ3) is 2.47. The van der Waals surface area contributed by atoms with E-state index in [2.05, 4.69) is 11.5 Å². The van der Waals surface area contributed by atoms with Crippen LogP contribution in [0.4, 0.5) is 0 Å². The minimum Gasteiger partial charge on any atom is -0.339 e. The van der Waals surface area contributed by atoms with Gasteiger partial charge in [-0.3, -0.25) is 4.79 Å². The van der Waals surface area contributed by atoms with Gasteiger partial charge in [0.15, 0.2) is 0 Å². The molecule has 2 fully saturated rings. The number of allylic oxidation sites excluding steroid dienone is 1. The number of likely N-dealkylation sites (tertiary alicyclic amines) is 1. The van der Waals surface area contributed by atoms with Gasteiger partial charge in [0.25, 0.3) is 0 Å². The highest BCUT2D eigenvalue weighted by Crippen LogP contribution is 2.35. The number of amides is 1. The highest BCUT2D eigenvalue weighted by molar-refractivity contribution is 5.76. The smallest absolute Gasteiger partial charge is 0.223 e. The normalized spacial score (nSPS) is 29.6. The fourth-order valence-corrected chi connectivity index (χ4v) is 3.30. The Morgan fingerprint density at radius 3 is 2.81 bits per heavy atom. The molecule has 0 aromatic rings. The molecule has 2 atom stereocenters. The van der Waals surface area contributed by atoms with Crippen LogP contribution in [0, 0.1) is 5.92 Å². The summed E-state index contributed by atoms with van der Waals surface area (Å²) in [5, 5.41) is 0. The summed E-state index contributed by atoms with van der Waals surface area (Å²) in [5.74, 6) is 1.16. The predicted molar refractivity (Wildman–Crippen MR) is 66.1 cm³/mol. The van der Waals surface area contributed by atoms with Gasteiger partial charge >= 0.3 is 0 Å². The molecule has 0 aromatic heterocycles. The Balaban J connectivity index is 1.96. The molecule has 0 N–H and O–H groups in total. The molecule has 1 heterocycles. The van der Waals surface area contributed by atoms with Gasteiger partial charge in [0.05, 0.1) is 0 Å². The molecule has 2 heteroatoms. The number of hydrogen-bond acceptors (Lipinski definition) is 1.